The monoisotopic (exact) mass is 265 g/mol. The molecule has 1 aromatic rings. The van der Waals surface area contributed by atoms with Crippen LogP contribution < -0.4 is 5.32 Å². The fourth-order valence-corrected chi connectivity index (χ4v) is 2.71. The van der Waals surface area contributed by atoms with Gasteiger partial charge in [0, 0.05) is 13.1 Å². The Balaban J connectivity index is 1.93. The number of aromatic nitrogens is 1. The topological polar surface area (TPSA) is 28.2 Å². The minimum absolute atomic E-state index is 0.169. The molecule has 1 heterocycles. The zero-order valence-corrected chi connectivity index (χ0v) is 12.1. The molecule has 2 atom stereocenters. The van der Waals surface area contributed by atoms with Gasteiger partial charge >= 0.3 is 0 Å². The van der Waals surface area contributed by atoms with Crippen LogP contribution in [0.5, 0.6) is 0 Å². The Morgan fingerprint density at radius 1 is 1.47 bits per heavy atom. The number of hydrogen-bond donors (Lipinski definition) is 1. The first-order chi connectivity index (χ1) is 9.10. The summed E-state index contributed by atoms with van der Waals surface area (Å²) in [7, 11) is 4.12. The van der Waals surface area contributed by atoms with Gasteiger partial charge in [0.2, 0.25) is 0 Å². The summed E-state index contributed by atoms with van der Waals surface area (Å²) in [5.41, 5.74) is 0.913. The van der Waals surface area contributed by atoms with Crippen molar-refractivity contribution >= 4 is 0 Å². The van der Waals surface area contributed by atoms with Crippen molar-refractivity contribution in [1.29, 1.82) is 0 Å². The van der Waals surface area contributed by atoms with Gasteiger partial charge in [0.1, 0.15) is 5.82 Å². The second-order valence-corrected chi connectivity index (χ2v) is 5.81. The summed E-state index contributed by atoms with van der Waals surface area (Å²) in [6.45, 7) is 4.44. The molecule has 1 N–H and O–H groups in total. The summed E-state index contributed by atoms with van der Waals surface area (Å²) in [5, 5.41) is 3.30. The highest BCUT2D eigenvalue weighted by molar-refractivity contribution is 5.10. The van der Waals surface area contributed by atoms with Crippen LogP contribution in [0.15, 0.2) is 18.3 Å². The smallest absolute Gasteiger partial charge is 0.141 e. The Bertz CT molecular complexity index is 389. The average molecular weight is 265 g/mol. The van der Waals surface area contributed by atoms with E-state index in [1.807, 2.05) is 7.05 Å². The maximum Gasteiger partial charge on any atom is 0.141 e. The van der Waals surface area contributed by atoms with Gasteiger partial charge in [0.25, 0.3) is 0 Å². The molecular formula is C15H24FN3. The number of halogens is 1. The van der Waals surface area contributed by atoms with E-state index in [1.54, 1.807) is 6.07 Å². The average Bonchev–Trinajstić information content (AvgIpc) is 3.16. The lowest BCUT2D eigenvalue weighted by Gasteiger charge is -2.27. The number of hydrogen-bond acceptors (Lipinski definition) is 3. The van der Waals surface area contributed by atoms with Crippen molar-refractivity contribution in [2.75, 3.05) is 27.2 Å². The van der Waals surface area contributed by atoms with Gasteiger partial charge in [-0.05, 0) is 50.9 Å². The second-order valence-electron chi connectivity index (χ2n) is 5.81. The van der Waals surface area contributed by atoms with Gasteiger partial charge in [0.05, 0.1) is 17.9 Å². The lowest BCUT2D eigenvalue weighted by Crippen LogP contribution is -2.34. The van der Waals surface area contributed by atoms with Crippen molar-refractivity contribution in [2.24, 2.45) is 11.8 Å². The van der Waals surface area contributed by atoms with Crippen molar-refractivity contribution in [2.45, 2.75) is 25.8 Å². The third-order valence-electron chi connectivity index (χ3n) is 3.82. The number of nitrogens with one attached hydrogen (secondary N) is 1. The van der Waals surface area contributed by atoms with E-state index >= 15 is 0 Å². The van der Waals surface area contributed by atoms with Gasteiger partial charge in [0.15, 0.2) is 0 Å². The number of pyridine rings is 1. The Morgan fingerprint density at radius 2 is 2.21 bits per heavy atom. The third-order valence-corrected chi connectivity index (χ3v) is 3.82. The summed E-state index contributed by atoms with van der Waals surface area (Å²) in [6, 6.07) is 3.42. The van der Waals surface area contributed by atoms with E-state index in [4.69, 9.17) is 0 Å². The van der Waals surface area contributed by atoms with Crippen LogP contribution in [0.2, 0.25) is 0 Å². The molecule has 19 heavy (non-hydrogen) atoms. The van der Waals surface area contributed by atoms with Crippen molar-refractivity contribution < 1.29 is 4.39 Å². The van der Waals surface area contributed by atoms with Crippen molar-refractivity contribution in [3.8, 4) is 0 Å². The fraction of sp³-hybridized carbons (Fsp3) is 0.667. The second kappa shape index (κ2) is 6.44. The van der Waals surface area contributed by atoms with Gasteiger partial charge in [-0.2, -0.15) is 0 Å². The van der Waals surface area contributed by atoms with Gasteiger partial charge in [-0.3, -0.25) is 4.98 Å². The van der Waals surface area contributed by atoms with Crippen LogP contribution in [0, 0.1) is 17.7 Å². The minimum Gasteiger partial charge on any atom is -0.311 e. The van der Waals surface area contributed by atoms with Crippen molar-refractivity contribution in [1.82, 2.24) is 15.2 Å². The van der Waals surface area contributed by atoms with Gasteiger partial charge < -0.3 is 10.2 Å². The highest BCUT2D eigenvalue weighted by Crippen LogP contribution is 2.30. The molecule has 106 valence electrons. The molecule has 4 heteroatoms. The first kappa shape index (κ1) is 14.4. The summed E-state index contributed by atoms with van der Waals surface area (Å²) in [5.74, 6) is 1.07. The molecule has 1 aliphatic carbocycles. The zero-order chi connectivity index (χ0) is 13.8. The van der Waals surface area contributed by atoms with E-state index in [2.05, 4.69) is 29.2 Å². The zero-order valence-electron chi connectivity index (χ0n) is 12.1. The molecule has 0 saturated heterocycles. The molecule has 0 radical (unpaired) electrons. The summed E-state index contributed by atoms with van der Waals surface area (Å²) in [4.78, 5) is 6.59. The van der Waals surface area contributed by atoms with Crippen LogP contribution in [0.3, 0.4) is 0 Å². The predicted octanol–water partition coefficient (Wildman–Crippen LogP) is 2.46. The quantitative estimate of drug-likeness (QED) is 0.821. The molecule has 0 aromatic carbocycles. The van der Waals surface area contributed by atoms with Gasteiger partial charge in [-0.15, -0.1) is 0 Å². The van der Waals surface area contributed by atoms with Crippen LogP contribution in [0.25, 0.3) is 0 Å². The largest absolute Gasteiger partial charge is 0.311 e. The van der Waals surface area contributed by atoms with Gasteiger partial charge in [-0.25, -0.2) is 4.39 Å². The number of nitrogens with zero attached hydrogens (tertiary/aromatic N) is 2. The SMILES string of the molecule is CNC(c1ccc(F)cn1)C(C)CN(C)CC1CC1. The molecule has 3 nitrogen and oxygen atoms in total. The molecule has 0 aliphatic heterocycles. The Hall–Kier alpha value is -1.00. The molecule has 1 fully saturated rings. The van der Waals surface area contributed by atoms with E-state index < -0.39 is 0 Å². The maximum absolute atomic E-state index is 12.9. The van der Waals surface area contributed by atoms with Crippen molar-refractivity contribution in [3.63, 3.8) is 0 Å². The molecule has 1 saturated carbocycles. The molecule has 2 unspecified atom stereocenters. The van der Waals surface area contributed by atoms with Crippen LogP contribution in [-0.2, 0) is 0 Å². The summed E-state index contributed by atoms with van der Waals surface area (Å²) < 4.78 is 12.9. The highest BCUT2D eigenvalue weighted by Gasteiger charge is 2.25. The Labute approximate surface area is 115 Å². The third kappa shape index (κ3) is 4.25. The highest BCUT2D eigenvalue weighted by atomic mass is 19.1. The standard InChI is InChI=1S/C15H24FN3/c1-11(9-19(3)10-12-4-5-12)15(17-2)14-7-6-13(16)8-18-14/h6-8,11-12,15,17H,4-5,9-10H2,1-3H3. The first-order valence-corrected chi connectivity index (χ1v) is 7.07. The lowest BCUT2D eigenvalue weighted by atomic mass is 9.98. The van der Waals surface area contributed by atoms with E-state index in [1.165, 1.54) is 31.6 Å². The Kier molecular flexibility index (Phi) is 4.88. The number of rotatable bonds is 7. The van der Waals surface area contributed by atoms with E-state index in [0.29, 0.717) is 5.92 Å². The molecule has 1 aliphatic rings. The van der Waals surface area contributed by atoms with E-state index in [9.17, 15) is 4.39 Å². The Morgan fingerprint density at radius 3 is 2.74 bits per heavy atom. The van der Waals surface area contributed by atoms with E-state index in [0.717, 1.165) is 18.2 Å². The van der Waals surface area contributed by atoms with E-state index in [-0.39, 0.29) is 11.9 Å². The van der Waals surface area contributed by atoms with Crippen LogP contribution in [-0.4, -0.2) is 37.1 Å². The molecular weight excluding hydrogens is 241 g/mol. The predicted molar refractivity (Wildman–Crippen MR) is 75.4 cm³/mol. The molecule has 0 spiro atoms. The summed E-state index contributed by atoms with van der Waals surface area (Å²) in [6.07, 6.45) is 4.06. The molecule has 0 amide bonds. The molecule has 1 aromatic heterocycles. The molecule has 2 rings (SSSR count). The van der Waals surface area contributed by atoms with Crippen LogP contribution in [0.1, 0.15) is 31.5 Å². The van der Waals surface area contributed by atoms with Crippen molar-refractivity contribution in [3.05, 3.63) is 29.8 Å². The van der Waals surface area contributed by atoms with Crippen LogP contribution >= 0.6 is 0 Å². The first-order valence-electron chi connectivity index (χ1n) is 7.07. The maximum atomic E-state index is 12.9. The lowest BCUT2D eigenvalue weighted by molar-refractivity contribution is 0.242. The fourth-order valence-electron chi connectivity index (χ4n) is 2.71. The van der Waals surface area contributed by atoms with Gasteiger partial charge in [-0.1, -0.05) is 6.92 Å². The van der Waals surface area contributed by atoms with Crippen LogP contribution in [0.4, 0.5) is 4.39 Å². The minimum atomic E-state index is -0.280. The summed E-state index contributed by atoms with van der Waals surface area (Å²) >= 11 is 0. The molecule has 0 bridgehead atoms. The normalized spacial score (nSPS) is 18.6.